The van der Waals surface area contributed by atoms with E-state index in [1.165, 1.54) is 6.33 Å². The zero-order valence-corrected chi connectivity index (χ0v) is 19.1. The van der Waals surface area contributed by atoms with E-state index in [1.54, 1.807) is 48.8 Å². The van der Waals surface area contributed by atoms with E-state index in [9.17, 15) is 8.42 Å². The van der Waals surface area contributed by atoms with E-state index in [2.05, 4.69) is 35.6 Å². The molecule has 0 fully saturated rings. The monoisotopic (exact) mass is 505 g/mol. The molecule has 11 heteroatoms. The van der Waals surface area contributed by atoms with Gasteiger partial charge in [-0.2, -0.15) is 0 Å². The Labute approximate surface area is 185 Å². The summed E-state index contributed by atoms with van der Waals surface area (Å²) in [6, 6.07) is 11.5. The average molecular weight is 506 g/mol. The standard InChI is InChI=1S/C19H16BrN5O3S2/c1-12-13(2)25(11-23-12)17-9-18(22-10-21-17)28-15-5-3-14(4-6-15)24-30(26,27)19-8-7-16(20)29-19/h3-11,24H,1-2H3. The zero-order chi connectivity index (χ0) is 21.3. The molecule has 1 N–H and O–H groups in total. The third-order valence-electron chi connectivity index (χ3n) is 4.27. The van der Waals surface area contributed by atoms with Crippen LogP contribution in [0.15, 0.2) is 63.1 Å². The summed E-state index contributed by atoms with van der Waals surface area (Å²) in [7, 11) is -3.63. The van der Waals surface area contributed by atoms with Crippen LogP contribution in [-0.2, 0) is 10.0 Å². The molecule has 0 aliphatic heterocycles. The number of hydrogen-bond donors (Lipinski definition) is 1. The molecule has 3 heterocycles. The second-order valence-corrected chi connectivity index (χ2v) is 10.7. The van der Waals surface area contributed by atoms with Crippen LogP contribution in [0, 0.1) is 13.8 Å². The van der Waals surface area contributed by atoms with E-state index < -0.39 is 10.0 Å². The fourth-order valence-electron chi connectivity index (χ4n) is 2.61. The maximum Gasteiger partial charge on any atom is 0.271 e. The van der Waals surface area contributed by atoms with Crippen molar-refractivity contribution < 1.29 is 13.2 Å². The number of ether oxygens (including phenoxy) is 1. The van der Waals surface area contributed by atoms with Gasteiger partial charge in [0.25, 0.3) is 10.0 Å². The molecule has 0 spiro atoms. The van der Waals surface area contributed by atoms with Crippen LogP contribution in [0.5, 0.6) is 11.6 Å². The first-order valence-corrected chi connectivity index (χ1v) is 11.8. The quantitative estimate of drug-likeness (QED) is 0.407. The Morgan fingerprint density at radius 2 is 1.83 bits per heavy atom. The lowest BCUT2D eigenvalue weighted by Gasteiger charge is -2.09. The van der Waals surface area contributed by atoms with Gasteiger partial charge in [-0.25, -0.2) is 23.4 Å². The summed E-state index contributed by atoms with van der Waals surface area (Å²) in [4.78, 5) is 12.7. The molecule has 0 unspecified atom stereocenters. The number of aromatic nitrogens is 4. The molecule has 0 aliphatic carbocycles. The topological polar surface area (TPSA) is 99.0 Å². The van der Waals surface area contributed by atoms with Crippen LogP contribution >= 0.6 is 27.3 Å². The lowest BCUT2D eigenvalue weighted by atomic mass is 10.3. The van der Waals surface area contributed by atoms with Crippen LogP contribution in [0.25, 0.3) is 5.82 Å². The van der Waals surface area contributed by atoms with Crippen molar-refractivity contribution in [2.24, 2.45) is 0 Å². The van der Waals surface area contributed by atoms with Crippen molar-refractivity contribution in [2.75, 3.05) is 4.72 Å². The molecule has 1 aromatic carbocycles. The summed E-state index contributed by atoms with van der Waals surface area (Å²) in [6.45, 7) is 3.89. The lowest BCUT2D eigenvalue weighted by molar-refractivity contribution is 0.461. The summed E-state index contributed by atoms with van der Waals surface area (Å²) in [5.41, 5.74) is 2.33. The highest BCUT2D eigenvalue weighted by atomic mass is 79.9. The van der Waals surface area contributed by atoms with E-state index in [1.807, 2.05) is 18.4 Å². The van der Waals surface area contributed by atoms with Gasteiger partial charge in [-0.1, -0.05) is 0 Å². The molecule has 8 nitrogen and oxygen atoms in total. The number of benzene rings is 1. The maximum atomic E-state index is 12.4. The van der Waals surface area contributed by atoms with Crippen molar-refractivity contribution in [1.29, 1.82) is 0 Å². The highest BCUT2D eigenvalue weighted by Gasteiger charge is 2.16. The molecule has 0 atom stereocenters. The molecule has 0 bridgehead atoms. The predicted octanol–water partition coefficient (Wildman–Crippen LogP) is 4.70. The van der Waals surface area contributed by atoms with Gasteiger partial charge in [0.1, 0.15) is 28.4 Å². The number of nitrogens with zero attached hydrogens (tertiary/aromatic N) is 4. The minimum Gasteiger partial charge on any atom is -0.439 e. The van der Waals surface area contributed by atoms with Gasteiger partial charge in [0.05, 0.1) is 9.48 Å². The summed E-state index contributed by atoms with van der Waals surface area (Å²) in [5.74, 6) is 1.52. The molecule has 4 rings (SSSR count). The van der Waals surface area contributed by atoms with E-state index in [0.29, 0.717) is 23.1 Å². The second kappa shape index (κ2) is 8.17. The highest BCUT2D eigenvalue weighted by Crippen LogP contribution is 2.28. The van der Waals surface area contributed by atoms with Gasteiger partial charge in [0.2, 0.25) is 5.88 Å². The van der Waals surface area contributed by atoms with Crippen molar-refractivity contribution >= 4 is 43.0 Å². The van der Waals surface area contributed by atoms with E-state index in [0.717, 1.165) is 26.5 Å². The largest absolute Gasteiger partial charge is 0.439 e. The first kappa shape index (κ1) is 20.5. The Kier molecular flexibility index (Phi) is 5.58. The molecule has 0 saturated carbocycles. The first-order valence-electron chi connectivity index (χ1n) is 8.71. The summed E-state index contributed by atoms with van der Waals surface area (Å²) in [6.07, 6.45) is 3.12. The summed E-state index contributed by atoms with van der Waals surface area (Å²) in [5, 5.41) is 0. The van der Waals surface area contributed by atoms with Crippen LogP contribution in [0.4, 0.5) is 5.69 Å². The number of nitrogens with one attached hydrogen (secondary N) is 1. The molecule has 0 amide bonds. The Morgan fingerprint density at radius 3 is 2.47 bits per heavy atom. The van der Waals surface area contributed by atoms with E-state index in [-0.39, 0.29) is 4.21 Å². The van der Waals surface area contributed by atoms with Gasteiger partial charge in [-0.3, -0.25) is 9.29 Å². The number of anilines is 1. The lowest BCUT2D eigenvalue weighted by Crippen LogP contribution is -2.11. The second-order valence-electron chi connectivity index (χ2n) is 6.29. The molecule has 3 aromatic heterocycles. The summed E-state index contributed by atoms with van der Waals surface area (Å²) < 4.78 is 36.0. The SMILES string of the molecule is Cc1ncn(-c2cc(Oc3ccc(NS(=O)(=O)c4ccc(Br)s4)cc3)ncn2)c1C. The average Bonchev–Trinajstić information content (AvgIpc) is 3.30. The molecule has 0 aliphatic rings. The Morgan fingerprint density at radius 1 is 1.07 bits per heavy atom. The van der Waals surface area contributed by atoms with Crippen LogP contribution < -0.4 is 9.46 Å². The summed E-state index contributed by atoms with van der Waals surface area (Å²) >= 11 is 4.41. The number of thiophene rings is 1. The van der Waals surface area contributed by atoms with Crippen molar-refractivity contribution in [3.63, 3.8) is 0 Å². The van der Waals surface area contributed by atoms with Gasteiger partial charge in [0.15, 0.2) is 0 Å². The van der Waals surface area contributed by atoms with Crippen molar-refractivity contribution in [3.05, 3.63) is 70.3 Å². The Bertz CT molecular complexity index is 1300. The number of aryl methyl sites for hydroxylation is 1. The fraction of sp³-hybridized carbons (Fsp3) is 0.105. The highest BCUT2D eigenvalue weighted by molar-refractivity contribution is 9.11. The number of halogens is 1. The van der Waals surface area contributed by atoms with Crippen LogP contribution in [0.1, 0.15) is 11.4 Å². The number of rotatable bonds is 6. The molecule has 4 aromatic rings. The van der Waals surface area contributed by atoms with Gasteiger partial charge in [0, 0.05) is 17.4 Å². The number of hydrogen-bond acceptors (Lipinski definition) is 7. The van der Waals surface area contributed by atoms with Gasteiger partial charge in [-0.15, -0.1) is 11.3 Å². The van der Waals surface area contributed by atoms with Gasteiger partial charge < -0.3 is 4.74 Å². The van der Waals surface area contributed by atoms with Crippen LogP contribution in [0.2, 0.25) is 0 Å². The van der Waals surface area contributed by atoms with Crippen molar-refractivity contribution in [1.82, 2.24) is 19.5 Å². The minimum absolute atomic E-state index is 0.230. The van der Waals surface area contributed by atoms with Crippen LogP contribution in [0.3, 0.4) is 0 Å². The molecular formula is C19H16BrN5O3S2. The predicted molar refractivity (Wildman–Crippen MR) is 118 cm³/mol. The Hall–Kier alpha value is -2.76. The number of imidazole rings is 1. The van der Waals surface area contributed by atoms with E-state index >= 15 is 0 Å². The minimum atomic E-state index is -3.63. The fourth-order valence-corrected chi connectivity index (χ4v) is 5.67. The third kappa shape index (κ3) is 4.37. The van der Waals surface area contributed by atoms with Gasteiger partial charge in [-0.05, 0) is 66.2 Å². The molecule has 154 valence electrons. The zero-order valence-electron chi connectivity index (χ0n) is 15.9. The van der Waals surface area contributed by atoms with Crippen LogP contribution in [-0.4, -0.2) is 27.9 Å². The van der Waals surface area contributed by atoms with E-state index in [4.69, 9.17) is 4.74 Å². The molecule has 0 saturated heterocycles. The van der Waals surface area contributed by atoms with Crippen molar-refractivity contribution in [2.45, 2.75) is 18.1 Å². The maximum absolute atomic E-state index is 12.4. The first-order chi connectivity index (χ1) is 14.3. The third-order valence-corrected chi connectivity index (χ3v) is 7.77. The molecule has 0 radical (unpaired) electrons. The normalized spacial score (nSPS) is 11.4. The van der Waals surface area contributed by atoms with Gasteiger partial charge >= 0.3 is 0 Å². The Balaban J connectivity index is 1.49. The smallest absolute Gasteiger partial charge is 0.271 e. The number of sulfonamides is 1. The molecular weight excluding hydrogens is 490 g/mol. The molecule has 30 heavy (non-hydrogen) atoms. The van der Waals surface area contributed by atoms with Crippen molar-refractivity contribution in [3.8, 4) is 17.4 Å².